The van der Waals surface area contributed by atoms with E-state index in [1.807, 2.05) is 51.1 Å². The van der Waals surface area contributed by atoms with E-state index in [2.05, 4.69) is 37.3 Å². The van der Waals surface area contributed by atoms with Crippen molar-refractivity contribution in [2.45, 2.75) is 45.6 Å². The van der Waals surface area contributed by atoms with Gasteiger partial charge >= 0.3 is 0 Å². The molecule has 1 aliphatic heterocycles. The van der Waals surface area contributed by atoms with Gasteiger partial charge in [0.25, 0.3) is 6.47 Å². The lowest BCUT2D eigenvalue weighted by molar-refractivity contribution is -0.138. The lowest BCUT2D eigenvalue weighted by Gasteiger charge is -2.28. The van der Waals surface area contributed by atoms with Crippen molar-refractivity contribution in [3.05, 3.63) is 42.2 Å². The molecule has 35 heavy (non-hydrogen) atoms. The van der Waals surface area contributed by atoms with Crippen LogP contribution in [0.25, 0.3) is 0 Å². The number of rotatable bonds is 9. The molecule has 1 fully saturated rings. The zero-order valence-electron chi connectivity index (χ0n) is 21.5. The van der Waals surface area contributed by atoms with Crippen molar-refractivity contribution in [2.75, 3.05) is 48.9 Å². The number of carbonyl (C=O) groups is 1. The first kappa shape index (κ1) is 28.5. The van der Waals surface area contributed by atoms with Crippen LogP contribution in [0.3, 0.4) is 0 Å². The average Bonchev–Trinajstić information content (AvgIpc) is 2.79. The zero-order chi connectivity index (χ0) is 25.9. The smallest absolute Gasteiger partial charge is 0.293 e. The predicted octanol–water partition coefficient (Wildman–Crippen LogP) is 3.20. The summed E-state index contributed by atoms with van der Waals surface area (Å²) in [4.78, 5) is 20.5. The number of carbonyl (C=O) groups excluding carboxylic acids is 1. The first-order valence-electron chi connectivity index (χ1n) is 11.8. The largest absolute Gasteiger partial charge is 0.462 e. The molecule has 1 aromatic heterocycles. The Morgan fingerprint density at radius 1 is 1.17 bits per heavy atom. The molecule has 0 bridgehead atoms. The van der Waals surface area contributed by atoms with Gasteiger partial charge in [-0.3, -0.25) is 4.79 Å². The molecule has 0 spiro atoms. The molecular formula is C25H39N5O4S. The molecule has 1 aromatic carbocycles. The van der Waals surface area contributed by atoms with Gasteiger partial charge in [0.15, 0.2) is 0 Å². The predicted molar refractivity (Wildman–Crippen MR) is 141 cm³/mol. The minimum atomic E-state index is -2.95. The van der Waals surface area contributed by atoms with E-state index in [-0.39, 0.29) is 11.4 Å². The maximum Gasteiger partial charge on any atom is 0.293 e. The van der Waals surface area contributed by atoms with Gasteiger partial charge in [-0.05, 0) is 76.7 Å². The minimum Gasteiger partial charge on any atom is -0.462 e. The summed E-state index contributed by atoms with van der Waals surface area (Å²) in [6.45, 7) is 9.10. The molecule has 194 valence electrons. The number of nitrogens with zero attached hydrogens (tertiary/aromatic N) is 3. The summed E-state index contributed by atoms with van der Waals surface area (Å²) in [5.41, 5.74) is 1.59. The Labute approximate surface area is 209 Å². The summed E-state index contributed by atoms with van der Waals surface area (Å²) < 4.78 is 27.1. The van der Waals surface area contributed by atoms with E-state index in [1.54, 1.807) is 6.33 Å². The van der Waals surface area contributed by atoms with Crippen LogP contribution in [0.15, 0.2) is 36.7 Å². The SMILES string of the molecule is CC(C)(C)OC=O.CN(CC1CCNCC1)c1cc(Nc2ccc(CCS(C)(=O)=O)cc2)ncn1. The van der Waals surface area contributed by atoms with Gasteiger partial charge < -0.3 is 20.3 Å². The van der Waals surface area contributed by atoms with Gasteiger partial charge in [-0.1, -0.05) is 12.1 Å². The molecule has 1 aliphatic rings. The van der Waals surface area contributed by atoms with Crippen LogP contribution in [0.2, 0.25) is 0 Å². The second kappa shape index (κ2) is 13.4. The number of anilines is 3. The highest BCUT2D eigenvalue weighted by molar-refractivity contribution is 7.90. The van der Waals surface area contributed by atoms with Crippen LogP contribution in [-0.4, -0.2) is 69.1 Å². The molecular weight excluding hydrogens is 466 g/mol. The third kappa shape index (κ3) is 12.0. The number of aryl methyl sites for hydroxylation is 1. The average molecular weight is 506 g/mol. The molecule has 2 aromatic rings. The van der Waals surface area contributed by atoms with Crippen LogP contribution in [0, 0.1) is 5.92 Å². The molecule has 9 nitrogen and oxygen atoms in total. The van der Waals surface area contributed by atoms with E-state index >= 15 is 0 Å². The van der Waals surface area contributed by atoms with Crippen LogP contribution in [0.1, 0.15) is 39.2 Å². The lowest BCUT2D eigenvalue weighted by atomic mass is 9.98. The molecule has 0 radical (unpaired) electrons. The Morgan fingerprint density at radius 3 is 2.37 bits per heavy atom. The summed E-state index contributed by atoms with van der Waals surface area (Å²) >= 11 is 0. The molecule has 0 unspecified atom stereocenters. The minimum absolute atomic E-state index is 0.165. The maximum atomic E-state index is 11.3. The fraction of sp³-hybridized carbons (Fsp3) is 0.560. The van der Waals surface area contributed by atoms with Crippen molar-refractivity contribution >= 4 is 33.6 Å². The molecule has 2 N–H and O–H groups in total. The number of hydrogen-bond donors (Lipinski definition) is 2. The normalized spacial score (nSPS) is 14.4. The van der Waals surface area contributed by atoms with Crippen LogP contribution in [0.4, 0.5) is 17.3 Å². The Kier molecular flexibility index (Phi) is 10.9. The second-order valence-electron chi connectivity index (χ2n) is 9.86. The second-order valence-corrected chi connectivity index (χ2v) is 12.1. The van der Waals surface area contributed by atoms with Gasteiger partial charge in [-0.2, -0.15) is 0 Å². The highest BCUT2D eigenvalue weighted by atomic mass is 32.2. The number of benzene rings is 1. The summed E-state index contributed by atoms with van der Waals surface area (Å²) in [7, 11) is -0.871. The molecule has 0 amide bonds. The molecule has 10 heteroatoms. The van der Waals surface area contributed by atoms with Crippen LogP contribution < -0.4 is 15.5 Å². The van der Waals surface area contributed by atoms with E-state index in [0.717, 1.165) is 42.5 Å². The van der Waals surface area contributed by atoms with Gasteiger partial charge in [-0.25, -0.2) is 18.4 Å². The number of hydrogen-bond acceptors (Lipinski definition) is 9. The highest BCUT2D eigenvalue weighted by Crippen LogP contribution is 2.21. The van der Waals surface area contributed by atoms with Crippen molar-refractivity contribution in [2.24, 2.45) is 5.92 Å². The summed E-state index contributed by atoms with van der Waals surface area (Å²) in [6.07, 6.45) is 5.77. The fourth-order valence-corrected chi connectivity index (χ4v) is 4.13. The summed E-state index contributed by atoms with van der Waals surface area (Å²) in [5, 5.41) is 6.70. The van der Waals surface area contributed by atoms with Gasteiger partial charge in [0.1, 0.15) is 33.4 Å². The first-order valence-corrected chi connectivity index (χ1v) is 13.9. The van der Waals surface area contributed by atoms with Crippen molar-refractivity contribution in [1.82, 2.24) is 15.3 Å². The topological polar surface area (TPSA) is 114 Å². The Bertz CT molecular complexity index is 1020. The number of nitrogens with one attached hydrogen (secondary N) is 2. The van der Waals surface area contributed by atoms with Crippen molar-refractivity contribution < 1.29 is 17.9 Å². The van der Waals surface area contributed by atoms with Gasteiger partial charge in [0.2, 0.25) is 0 Å². The Balaban J connectivity index is 0.000000540. The standard InChI is InChI=1S/C20H29N5O2S.C5H10O2/c1-25(14-17-7-10-21-11-8-17)20-13-19(22-15-23-20)24-18-5-3-16(4-6-18)9-12-28(2,26)27;1-5(2,3)7-4-6/h3-6,13,15,17,21H,7-12,14H2,1-2H3,(H,22,23,24);4H,1-3H3. The number of aromatic nitrogens is 2. The Hall–Kier alpha value is -2.72. The van der Waals surface area contributed by atoms with Crippen LogP contribution in [0.5, 0.6) is 0 Å². The zero-order valence-corrected chi connectivity index (χ0v) is 22.3. The van der Waals surface area contributed by atoms with E-state index in [4.69, 9.17) is 0 Å². The van der Waals surface area contributed by atoms with Crippen molar-refractivity contribution in [1.29, 1.82) is 0 Å². The van der Waals surface area contributed by atoms with Crippen LogP contribution in [-0.2, 0) is 25.8 Å². The summed E-state index contributed by atoms with van der Waals surface area (Å²) in [5.74, 6) is 2.50. The fourth-order valence-electron chi connectivity index (χ4n) is 3.52. The molecule has 1 saturated heterocycles. The van der Waals surface area contributed by atoms with Crippen LogP contribution >= 0.6 is 0 Å². The van der Waals surface area contributed by atoms with E-state index in [1.165, 1.54) is 19.1 Å². The maximum absolute atomic E-state index is 11.3. The third-order valence-corrected chi connectivity index (χ3v) is 6.37. The van der Waals surface area contributed by atoms with Crippen molar-refractivity contribution in [3.8, 4) is 0 Å². The molecule has 0 aliphatic carbocycles. The summed E-state index contributed by atoms with van der Waals surface area (Å²) in [6, 6.07) is 9.73. The monoisotopic (exact) mass is 505 g/mol. The van der Waals surface area contributed by atoms with E-state index < -0.39 is 9.84 Å². The van der Waals surface area contributed by atoms with Gasteiger partial charge in [0, 0.05) is 31.6 Å². The lowest BCUT2D eigenvalue weighted by Crippen LogP contribution is -2.34. The number of piperidine rings is 1. The van der Waals surface area contributed by atoms with Crippen molar-refractivity contribution in [3.63, 3.8) is 0 Å². The molecule has 0 atom stereocenters. The van der Waals surface area contributed by atoms with Gasteiger partial charge in [-0.15, -0.1) is 0 Å². The van der Waals surface area contributed by atoms with E-state index in [0.29, 0.717) is 18.8 Å². The molecule has 2 heterocycles. The van der Waals surface area contributed by atoms with Gasteiger partial charge in [0.05, 0.1) is 5.75 Å². The number of sulfone groups is 1. The third-order valence-electron chi connectivity index (χ3n) is 5.42. The molecule has 3 rings (SSSR count). The number of ether oxygens (including phenoxy) is 1. The quantitative estimate of drug-likeness (QED) is 0.496. The molecule has 0 saturated carbocycles. The first-order chi connectivity index (χ1) is 16.4. The highest BCUT2D eigenvalue weighted by Gasteiger charge is 2.16. The van der Waals surface area contributed by atoms with E-state index in [9.17, 15) is 13.2 Å². The Morgan fingerprint density at radius 2 is 1.83 bits per heavy atom.